The number of anilines is 1. The molecule has 1 aromatic heterocycles. The highest BCUT2D eigenvalue weighted by molar-refractivity contribution is 9.10. The molecule has 0 amide bonds. The van der Waals surface area contributed by atoms with Gasteiger partial charge in [-0.15, -0.1) is 11.3 Å². The van der Waals surface area contributed by atoms with Gasteiger partial charge in [0.15, 0.2) is 0 Å². The molecule has 0 unspecified atom stereocenters. The maximum Gasteiger partial charge on any atom is 0.139 e. The number of halogens is 2. The maximum absolute atomic E-state index is 13.2. The molecule has 0 aliphatic heterocycles. The first-order valence-electron chi connectivity index (χ1n) is 4.85. The van der Waals surface area contributed by atoms with E-state index in [-0.39, 0.29) is 5.82 Å². The highest BCUT2D eigenvalue weighted by atomic mass is 79.9. The summed E-state index contributed by atoms with van der Waals surface area (Å²) in [4.78, 5) is 1.05. The Morgan fingerprint density at radius 2 is 2.24 bits per heavy atom. The summed E-state index contributed by atoms with van der Waals surface area (Å²) in [5.74, 6) is -0.293. The van der Waals surface area contributed by atoms with Crippen LogP contribution < -0.4 is 5.32 Å². The molecule has 2 rings (SSSR count). The van der Waals surface area contributed by atoms with Gasteiger partial charge >= 0.3 is 0 Å². The average Bonchev–Trinajstić information content (AvgIpc) is 2.79. The highest BCUT2D eigenvalue weighted by Crippen LogP contribution is 2.21. The molecule has 17 heavy (non-hydrogen) atoms. The Kier molecular flexibility index (Phi) is 3.77. The Labute approximate surface area is 111 Å². The summed E-state index contributed by atoms with van der Waals surface area (Å²) < 4.78 is 13.7. The van der Waals surface area contributed by atoms with E-state index in [1.54, 1.807) is 17.5 Å². The predicted molar refractivity (Wildman–Crippen MR) is 70.5 cm³/mol. The minimum Gasteiger partial charge on any atom is -0.380 e. The van der Waals surface area contributed by atoms with Crippen LogP contribution in [-0.2, 0) is 6.54 Å². The number of hydrogen-bond donors (Lipinski definition) is 1. The van der Waals surface area contributed by atoms with Gasteiger partial charge < -0.3 is 5.32 Å². The molecule has 1 aromatic carbocycles. The van der Waals surface area contributed by atoms with Gasteiger partial charge in [0, 0.05) is 22.5 Å². The Morgan fingerprint density at radius 3 is 2.88 bits per heavy atom. The normalized spacial score (nSPS) is 9.94. The number of benzene rings is 1. The lowest BCUT2D eigenvalue weighted by Gasteiger charge is -2.05. The van der Waals surface area contributed by atoms with E-state index in [0.29, 0.717) is 16.6 Å². The first-order valence-corrected chi connectivity index (χ1v) is 6.53. The van der Waals surface area contributed by atoms with Crippen LogP contribution in [0.4, 0.5) is 10.1 Å². The standard InChI is InChI=1S/C12H8BrFN2S/c13-11-2-1-9(4-12(11)14)16-6-10-3-8(5-15)7-17-10/h1-4,7,16H,6H2. The summed E-state index contributed by atoms with van der Waals surface area (Å²) in [6, 6.07) is 8.80. The second-order valence-corrected chi connectivity index (χ2v) is 5.25. The number of nitrogens with zero attached hydrogens (tertiary/aromatic N) is 1. The fraction of sp³-hybridized carbons (Fsp3) is 0.0833. The van der Waals surface area contributed by atoms with E-state index in [1.807, 2.05) is 6.07 Å². The second kappa shape index (κ2) is 5.30. The molecule has 0 radical (unpaired) electrons. The molecule has 0 bridgehead atoms. The van der Waals surface area contributed by atoms with Crippen LogP contribution in [0.25, 0.3) is 0 Å². The van der Waals surface area contributed by atoms with E-state index < -0.39 is 0 Å². The van der Waals surface area contributed by atoms with Gasteiger partial charge in [-0.05, 0) is 40.2 Å². The van der Waals surface area contributed by atoms with Crippen molar-refractivity contribution in [3.8, 4) is 6.07 Å². The molecule has 2 nitrogen and oxygen atoms in total. The van der Waals surface area contributed by atoms with Gasteiger partial charge in [-0.2, -0.15) is 5.26 Å². The molecular formula is C12H8BrFN2S. The highest BCUT2D eigenvalue weighted by Gasteiger charge is 2.02. The second-order valence-electron chi connectivity index (χ2n) is 3.40. The molecule has 0 aliphatic carbocycles. The topological polar surface area (TPSA) is 35.8 Å². The van der Waals surface area contributed by atoms with Gasteiger partial charge in [-0.3, -0.25) is 0 Å². The molecule has 0 saturated carbocycles. The molecule has 5 heteroatoms. The largest absolute Gasteiger partial charge is 0.380 e. The summed E-state index contributed by atoms with van der Waals surface area (Å²) in [6.07, 6.45) is 0. The van der Waals surface area contributed by atoms with E-state index in [0.717, 1.165) is 10.6 Å². The molecule has 1 N–H and O–H groups in total. The molecule has 0 saturated heterocycles. The summed E-state index contributed by atoms with van der Waals surface area (Å²) in [5.41, 5.74) is 1.38. The van der Waals surface area contributed by atoms with Crippen LogP contribution in [0, 0.1) is 17.1 Å². The Balaban J connectivity index is 2.02. The number of rotatable bonds is 3. The fourth-order valence-corrected chi connectivity index (χ4v) is 2.32. The summed E-state index contributed by atoms with van der Waals surface area (Å²) in [7, 11) is 0. The van der Waals surface area contributed by atoms with Crippen LogP contribution in [0.3, 0.4) is 0 Å². The zero-order chi connectivity index (χ0) is 12.3. The van der Waals surface area contributed by atoms with Gasteiger partial charge in [-0.1, -0.05) is 0 Å². The third kappa shape index (κ3) is 3.05. The minimum absolute atomic E-state index is 0.293. The van der Waals surface area contributed by atoms with Crippen molar-refractivity contribution in [2.75, 3.05) is 5.32 Å². The van der Waals surface area contributed by atoms with Crippen LogP contribution in [-0.4, -0.2) is 0 Å². The lowest BCUT2D eigenvalue weighted by Crippen LogP contribution is -1.97. The van der Waals surface area contributed by atoms with E-state index in [2.05, 4.69) is 27.3 Å². The molecular weight excluding hydrogens is 303 g/mol. The van der Waals surface area contributed by atoms with E-state index in [1.165, 1.54) is 17.4 Å². The van der Waals surface area contributed by atoms with Crippen LogP contribution >= 0.6 is 27.3 Å². The Morgan fingerprint density at radius 1 is 1.41 bits per heavy atom. The van der Waals surface area contributed by atoms with Crippen LogP contribution in [0.15, 0.2) is 34.1 Å². The van der Waals surface area contributed by atoms with Crippen LogP contribution in [0.2, 0.25) is 0 Å². The first kappa shape index (κ1) is 12.1. The quantitative estimate of drug-likeness (QED) is 0.925. The van der Waals surface area contributed by atoms with Crippen molar-refractivity contribution >= 4 is 33.0 Å². The third-order valence-electron chi connectivity index (χ3n) is 2.17. The van der Waals surface area contributed by atoms with Gasteiger partial charge in [0.25, 0.3) is 0 Å². The van der Waals surface area contributed by atoms with Crippen molar-refractivity contribution in [3.63, 3.8) is 0 Å². The average molecular weight is 311 g/mol. The fourth-order valence-electron chi connectivity index (χ4n) is 1.33. The lowest BCUT2D eigenvalue weighted by atomic mass is 10.3. The van der Waals surface area contributed by atoms with Crippen molar-refractivity contribution in [2.24, 2.45) is 0 Å². The lowest BCUT2D eigenvalue weighted by molar-refractivity contribution is 0.621. The van der Waals surface area contributed by atoms with Gasteiger partial charge in [0.05, 0.1) is 10.0 Å². The predicted octanol–water partition coefficient (Wildman–Crippen LogP) is 4.13. The monoisotopic (exact) mass is 310 g/mol. The van der Waals surface area contributed by atoms with Crippen molar-refractivity contribution < 1.29 is 4.39 Å². The van der Waals surface area contributed by atoms with Gasteiger partial charge in [0.2, 0.25) is 0 Å². The van der Waals surface area contributed by atoms with Crippen molar-refractivity contribution in [3.05, 3.63) is 50.4 Å². The molecule has 1 heterocycles. The van der Waals surface area contributed by atoms with Gasteiger partial charge in [0.1, 0.15) is 11.9 Å². The Hall–Kier alpha value is -1.38. The summed E-state index contributed by atoms with van der Waals surface area (Å²) in [6.45, 7) is 0.591. The van der Waals surface area contributed by atoms with E-state index >= 15 is 0 Å². The first-order chi connectivity index (χ1) is 8.19. The van der Waals surface area contributed by atoms with Crippen LogP contribution in [0.1, 0.15) is 10.4 Å². The number of nitrogens with one attached hydrogen (secondary N) is 1. The van der Waals surface area contributed by atoms with Crippen molar-refractivity contribution in [1.82, 2.24) is 0 Å². The summed E-state index contributed by atoms with van der Waals surface area (Å²) >= 11 is 4.61. The number of hydrogen-bond acceptors (Lipinski definition) is 3. The molecule has 0 spiro atoms. The van der Waals surface area contributed by atoms with E-state index in [9.17, 15) is 4.39 Å². The smallest absolute Gasteiger partial charge is 0.139 e. The van der Waals surface area contributed by atoms with Crippen molar-refractivity contribution in [1.29, 1.82) is 5.26 Å². The minimum atomic E-state index is -0.293. The zero-order valence-corrected chi connectivity index (χ0v) is 11.1. The maximum atomic E-state index is 13.2. The summed E-state index contributed by atoms with van der Waals surface area (Å²) in [5, 5.41) is 13.6. The Bertz CT molecular complexity index is 574. The molecule has 0 atom stereocenters. The zero-order valence-electron chi connectivity index (χ0n) is 8.71. The molecule has 2 aromatic rings. The molecule has 86 valence electrons. The molecule has 0 fully saturated rings. The van der Waals surface area contributed by atoms with Crippen LogP contribution in [0.5, 0.6) is 0 Å². The SMILES string of the molecule is N#Cc1csc(CNc2ccc(Br)c(F)c2)c1. The molecule has 0 aliphatic rings. The van der Waals surface area contributed by atoms with Crippen molar-refractivity contribution in [2.45, 2.75) is 6.54 Å². The van der Waals surface area contributed by atoms with Gasteiger partial charge in [-0.25, -0.2) is 4.39 Å². The third-order valence-corrected chi connectivity index (χ3v) is 3.75. The van der Waals surface area contributed by atoms with E-state index in [4.69, 9.17) is 5.26 Å². The number of nitriles is 1. The number of thiophene rings is 1.